The van der Waals surface area contributed by atoms with Gasteiger partial charge in [0.25, 0.3) is 11.6 Å². The number of nitrogens with one attached hydrogen (secondary N) is 1. The number of amides is 1. The molecule has 102 valence electrons. The summed E-state index contributed by atoms with van der Waals surface area (Å²) in [7, 11) is 0. The molecule has 2 aromatic rings. The maximum Gasteiger partial charge on any atom is 0.273 e. The standard InChI is InChI=1S/C13H11N3O4/c1-9-2-3-11(6-12(9)16(18)19)13(17)15-14-7-10-4-5-20-8-10/h2-8H,1H3,(H,15,17)/b14-7+. The number of hydrogen-bond donors (Lipinski definition) is 1. The van der Waals surface area contributed by atoms with E-state index in [2.05, 4.69) is 10.5 Å². The highest BCUT2D eigenvalue weighted by molar-refractivity contribution is 5.95. The molecular weight excluding hydrogens is 262 g/mol. The molecule has 0 radical (unpaired) electrons. The molecule has 0 aliphatic carbocycles. The van der Waals surface area contributed by atoms with E-state index in [-0.39, 0.29) is 11.3 Å². The summed E-state index contributed by atoms with van der Waals surface area (Å²) in [5, 5.41) is 14.5. The maximum atomic E-state index is 11.8. The predicted octanol–water partition coefficient (Wildman–Crippen LogP) is 2.26. The lowest BCUT2D eigenvalue weighted by Crippen LogP contribution is -2.17. The fourth-order valence-corrected chi connectivity index (χ4v) is 1.53. The third kappa shape index (κ3) is 3.08. The molecule has 1 N–H and O–H groups in total. The van der Waals surface area contributed by atoms with Gasteiger partial charge in [-0.2, -0.15) is 5.10 Å². The summed E-state index contributed by atoms with van der Waals surface area (Å²) in [5.74, 6) is -0.521. The molecular formula is C13H11N3O4. The molecule has 0 saturated carbocycles. The molecule has 2 rings (SSSR count). The average molecular weight is 273 g/mol. The Morgan fingerprint density at radius 2 is 2.25 bits per heavy atom. The molecule has 0 aliphatic heterocycles. The number of benzene rings is 1. The fourth-order valence-electron chi connectivity index (χ4n) is 1.53. The third-order valence-electron chi connectivity index (χ3n) is 2.59. The Balaban J connectivity index is 2.09. The largest absolute Gasteiger partial charge is 0.472 e. The molecule has 0 bridgehead atoms. The van der Waals surface area contributed by atoms with Crippen LogP contribution in [0.5, 0.6) is 0 Å². The minimum Gasteiger partial charge on any atom is -0.472 e. The lowest BCUT2D eigenvalue weighted by atomic mass is 10.1. The van der Waals surface area contributed by atoms with Crippen molar-refractivity contribution < 1.29 is 14.1 Å². The Hall–Kier alpha value is -2.96. The number of nitro benzene ring substituents is 1. The molecule has 0 spiro atoms. The normalized spacial score (nSPS) is 10.7. The van der Waals surface area contributed by atoms with Crippen molar-refractivity contribution in [2.45, 2.75) is 6.92 Å². The van der Waals surface area contributed by atoms with E-state index in [0.29, 0.717) is 11.1 Å². The maximum absolute atomic E-state index is 11.8. The van der Waals surface area contributed by atoms with Crippen LogP contribution in [-0.2, 0) is 0 Å². The van der Waals surface area contributed by atoms with Crippen LogP contribution in [0.4, 0.5) is 5.69 Å². The van der Waals surface area contributed by atoms with Gasteiger partial charge in [0.2, 0.25) is 0 Å². The summed E-state index contributed by atoms with van der Waals surface area (Å²) in [6, 6.07) is 5.92. The number of hydrazone groups is 1. The first-order valence-corrected chi connectivity index (χ1v) is 5.68. The minimum absolute atomic E-state index is 0.100. The van der Waals surface area contributed by atoms with Crippen LogP contribution in [0.2, 0.25) is 0 Å². The van der Waals surface area contributed by atoms with Gasteiger partial charge in [-0.3, -0.25) is 14.9 Å². The van der Waals surface area contributed by atoms with Crippen molar-refractivity contribution >= 4 is 17.8 Å². The number of nitrogens with zero attached hydrogens (tertiary/aromatic N) is 2. The van der Waals surface area contributed by atoms with Crippen LogP contribution in [0, 0.1) is 17.0 Å². The van der Waals surface area contributed by atoms with Gasteiger partial charge < -0.3 is 4.42 Å². The van der Waals surface area contributed by atoms with Crippen molar-refractivity contribution in [3.8, 4) is 0 Å². The molecule has 0 atom stereocenters. The zero-order valence-electron chi connectivity index (χ0n) is 10.6. The number of furan rings is 1. The van der Waals surface area contributed by atoms with Crippen molar-refractivity contribution in [2.24, 2.45) is 5.10 Å². The summed E-state index contributed by atoms with van der Waals surface area (Å²) in [6.07, 6.45) is 4.35. The first-order chi connectivity index (χ1) is 9.58. The quantitative estimate of drug-likeness (QED) is 0.524. The molecule has 7 heteroatoms. The summed E-state index contributed by atoms with van der Waals surface area (Å²) < 4.78 is 4.83. The zero-order valence-corrected chi connectivity index (χ0v) is 10.6. The van der Waals surface area contributed by atoms with Gasteiger partial charge in [-0.1, -0.05) is 6.07 Å². The van der Waals surface area contributed by atoms with Gasteiger partial charge in [-0.25, -0.2) is 5.43 Å². The Morgan fingerprint density at radius 3 is 2.90 bits per heavy atom. The van der Waals surface area contributed by atoms with Crippen LogP contribution in [0.3, 0.4) is 0 Å². The number of rotatable bonds is 4. The van der Waals surface area contributed by atoms with Crippen molar-refractivity contribution in [1.82, 2.24) is 5.43 Å². The van der Waals surface area contributed by atoms with E-state index >= 15 is 0 Å². The second-order valence-corrected chi connectivity index (χ2v) is 4.01. The van der Waals surface area contributed by atoms with Gasteiger partial charge in [-0.15, -0.1) is 0 Å². The van der Waals surface area contributed by atoms with E-state index in [1.54, 1.807) is 13.0 Å². The van der Waals surface area contributed by atoms with Gasteiger partial charge in [0.15, 0.2) is 0 Å². The number of aryl methyl sites for hydroxylation is 1. The van der Waals surface area contributed by atoms with E-state index < -0.39 is 10.8 Å². The second-order valence-electron chi connectivity index (χ2n) is 4.01. The molecule has 0 unspecified atom stereocenters. The first kappa shape index (κ1) is 13.5. The minimum atomic E-state index is -0.527. The number of carbonyl (C=O) groups is 1. The highest BCUT2D eigenvalue weighted by Gasteiger charge is 2.14. The summed E-state index contributed by atoms with van der Waals surface area (Å²) in [5.41, 5.74) is 3.55. The molecule has 0 saturated heterocycles. The van der Waals surface area contributed by atoms with E-state index in [0.717, 1.165) is 0 Å². The molecule has 20 heavy (non-hydrogen) atoms. The van der Waals surface area contributed by atoms with Crippen LogP contribution in [0.25, 0.3) is 0 Å². The number of carbonyl (C=O) groups excluding carboxylic acids is 1. The summed E-state index contributed by atoms with van der Waals surface area (Å²) in [4.78, 5) is 22.1. The molecule has 7 nitrogen and oxygen atoms in total. The van der Waals surface area contributed by atoms with Crippen LogP contribution >= 0.6 is 0 Å². The molecule has 0 aliphatic rings. The van der Waals surface area contributed by atoms with Gasteiger partial charge in [0, 0.05) is 22.8 Å². The van der Waals surface area contributed by atoms with Crippen molar-refractivity contribution in [2.75, 3.05) is 0 Å². The summed E-state index contributed by atoms with van der Waals surface area (Å²) >= 11 is 0. The Bertz CT molecular complexity index is 662. The monoisotopic (exact) mass is 273 g/mol. The molecule has 0 fully saturated rings. The van der Waals surface area contributed by atoms with Crippen LogP contribution in [-0.4, -0.2) is 17.0 Å². The van der Waals surface area contributed by atoms with Crippen molar-refractivity contribution in [1.29, 1.82) is 0 Å². The van der Waals surface area contributed by atoms with Crippen LogP contribution in [0.1, 0.15) is 21.5 Å². The fraction of sp³-hybridized carbons (Fsp3) is 0.0769. The van der Waals surface area contributed by atoms with Crippen molar-refractivity contribution in [3.05, 3.63) is 63.6 Å². The average Bonchev–Trinajstić information content (AvgIpc) is 2.92. The first-order valence-electron chi connectivity index (χ1n) is 5.68. The smallest absolute Gasteiger partial charge is 0.273 e. The highest BCUT2D eigenvalue weighted by atomic mass is 16.6. The molecule has 1 aromatic heterocycles. The Morgan fingerprint density at radius 1 is 1.45 bits per heavy atom. The third-order valence-corrected chi connectivity index (χ3v) is 2.59. The van der Waals surface area contributed by atoms with Gasteiger partial charge >= 0.3 is 0 Å². The van der Waals surface area contributed by atoms with Gasteiger partial charge in [0.1, 0.15) is 0 Å². The van der Waals surface area contributed by atoms with E-state index in [4.69, 9.17) is 4.42 Å². The Kier molecular flexibility index (Phi) is 3.90. The number of nitro groups is 1. The van der Waals surface area contributed by atoms with E-state index in [1.807, 2.05) is 0 Å². The topological polar surface area (TPSA) is 97.7 Å². The van der Waals surface area contributed by atoms with Crippen LogP contribution in [0.15, 0.2) is 46.3 Å². The SMILES string of the molecule is Cc1ccc(C(=O)N/N=C/c2ccoc2)cc1[N+](=O)[O-]. The lowest BCUT2D eigenvalue weighted by molar-refractivity contribution is -0.385. The number of hydrogen-bond acceptors (Lipinski definition) is 5. The molecule has 1 heterocycles. The zero-order chi connectivity index (χ0) is 14.5. The molecule has 1 aromatic carbocycles. The lowest BCUT2D eigenvalue weighted by Gasteiger charge is -2.01. The van der Waals surface area contributed by atoms with Crippen LogP contribution < -0.4 is 5.43 Å². The van der Waals surface area contributed by atoms with Gasteiger partial charge in [-0.05, 0) is 19.1 Å². The van der Waals surface area contributed by atoms with E-state index in [1.165, 1.54) is 36.9 Å². The van der Waals surface area contributed by atoms with E-state index in [9.17, 15) is 14.9 Å². The molecule has 1 amide bonds. The highest BCUT2D eigenvalue weighted by Crippen LogP contribution is 2.19. The van der Waals surface area contributed by atoms with Gasteiger partial charge in [0.05, 0.1) is 23.7 Å². The summed E-state index contributed by atoms with van der Waals surface area (Å²) in [6.45, 7) is 1.61. The van der Waals surface area contributed by atoms with Crippen molar-refractivity contribution in [3.63, 3.8) is 0 Å². The predicted molar refractivity (Wildman–Crippen MR) is 71.6 cm³/mol. The second kappa shape index (κ2) is 5.79. The Labute approximate surface area is 114 Å².